The van der Waals surface area contributed by atoms with Crippen molar-refractivity contribution in [2.45, 2.75) is 26.2 Å². The zero-order valence-electron chi connectivity index (χ0n) is 26.2. The van der Waals surface area contributed by atoms with Gasteiger partial charge in [-0.25, -0.2) is 4.85 Å². The highest BCUT2D eigenvalue weighted by molar-refractivity contribution is 6.24. The van der Waals surface area contributed by atoms with Crippen molar-refractivity contribution in [3.8, 4) is 17.4 Å². The van der Waals surface area contributed by atoms with Crippen LogP contribution in [0, 0.1) is 17.9 Å². The molecule has 9 aromatic rings. The molecule has 0 spiro atoms. The maximum atomic E-state index is 10.7. The minimum atomic E-state index is -0.0729. The third kappa shape index (κ3) is 3.75. The molecule has 0 unspecified atom stereocenters. The summed E-state index contributed by atoms with van der Waals surface area (Å²) in [5.41, 5.74) is 9.09. The number of nitriles is 1. The predicted molar refractivity (Wildman–Crippen MR) is 192 cm³/mol. The molecule has 0 bridgehead atoms. The lowest BCUT2D eigenvalue weighted by Crippen LogP contribution is -2.10. The molecule has 0 atom stereocenters. The standard InChI is InChI=1S/C42H28N4O/c1-42(2,3)26-17-19-35-32(22-26)39-36(20-18-31-30-13-7-10-16-38(30)47-41(31)39)45(35)37-23-27(44-4)21-25(24-43)40(37)46-33-14-8-5-11-28(33)29-12-6-9-15-34(29)46/h5-23H,1-3H3. The van der Waals surface area contributed by atoms with Gasteiger partial charge in [0.2, 0.25) is 0 Å². The predicted octanol–water partition coefficient (Wildman–Crippen LogP) is 11.5. The molecular weight excluding hydrogens is 576 g/mol. The van der Waals surface area contributed by atoms with Crippen molar-refractivity contribution in [1.29, 1.82) is 5.26 Å². The number of furan rings is 1. The van der Waals surface area contributed by atoms with Crippen LogP contribution in [0.25, 0.3) is 81.8 Å². The summed E-state index contributed by atoms with van der Waals surface area (Å²) in [7, 11) is 0. The van der Waals surface area contributed by atoms with Gasteiger partial charge in [-0.2, -0.15) is 5.26 Å². The molecule has 9 rings (SSSR count). The van der Waals surface area contributed by atoms with Crippen LogP contribution in [0.2, 0.25) is 0 Å². The van der Waals surface area contributed by atoms with Crippen LogP contribution in [-0.2, 0) is 5.41 Å². The molecular formula is C42H28N4O. The molecule has 0 saturated heterocycles. The van der Waals surface area contributed by atoms with Gasteiger partial charge < -0.3 is 13.6 Å². The average Bonchev–Trinajstić information content (AvgIpc) is 3.74. The molecule has 0 aliphatic rings. The van der Waals surface area contributed by atoms with E-state index in [4.69, 9.17) is 11.0 Å². The lowest BCUT2D eigenvalue weighted by molar-refractivity contribution is 0.591. The Kier molecular flexibility index (Phi) is 5.52. The molecule has 6 aromatic carbocycles. The Balaban J connectivity index is 1.51. The van der Waals surface area contributed by atoms with Gasteiger partial charge in [-0.15, -0.1) is 0 Å². The number of benzene rings is 6. The number of fused-ring (bicyclic) bond motifs is 10. The molecule has 3 heterocycles. The Labute approximate surface area is 270 Å². The number of para-hydroxylation sites is 3. The van der Waals surface area contributed by atoms with Gasteiger partial charge in [0, 0.05) is 26.9 Å². The first-order valence-corrected chi connectivity index (χ1v) is 15.7. The Bertz CT molecular complexity index is 2800. The van der Waals surface area contributed by atoms with E-state index in [0.29, 0.717) is 11.3 Å². The van der Waals surface area contributed by atoms with Gasteiger partial charge in [0.05, 0.1) is 51.0 Å². The van der Waals surface area contributed by atoms with Gasteiger partial charge >= 0.3 is 0 Å². The summed E-state index contributed by atoms with van der Waals surface area (Å²) >= 11 is 0. The lowest BCUT2D eigenvalue weighted by Gasteiger charge is -2.20. The summed E-state index contributed by atoms with van der Waals surface area (Å²) in [5.74, 6) is 0. The van der Waals surface area contributed by atoms with Crippen LogP contribution in [0.5, 0.6) is 0 Å². The van der Waals surface area contributed by atoms with E-state index in [0.717, 1.165) is 76.9 Å². The number of rotatable bonds is 2. The van der Waals surface area contributed by atoms with E-state index < -0.39 is 0 Å². The Morgan fingerprint density at radius 2 is 1.30 bits per heavy atom. The molecule has 0 saturated carbocycles. The van der Waals surface area contributed by atoms with Crippen molar-refractivity contribution in [3.63, 3.8) is 0 Å². The third-order valence-electron chi connectivity index (χ3n) is 9.51. The zero-order valence-corrected chi connectivity index (χ0v) is 26.2. The molecule has 222 valence electrons. The van der Waals surface area contributed by atoms with Gasteiger partial charge in [-0.05, 0) is 65.6 Å². The Morgan fingerprint density at radius 3 is 1.98 bits per heavy atom. The summed E-state index contributed by atoms with van der Waals surface area (Å²) in [6.07, 6.45) is 0. The Hall–Kier alpha value is -6.30. The molecule has 0 amide bonds. The van der Waals surface area contributed by atoms with E-state index in [2.05, 4.69) is 101 Å². The van der Waals surface area contributed by atoms with Crippen LogP contribution in [0.15, 0.2) is 120 Å². The summed E-state index contributed by atoms with van der Waals surface area (Å²) in [6, 6.07) is 41.8. The highest BCUT2D eigenvalue weighted by Gasteiger charge is 2.25. The Morgan fingerprint density at radius 1 is 0.660 bits per heavy atom. The quantitative estimate of drug-likeness (QED) is 0.184. The van der Waals surface area contributed by atoms with Gasteiger partial charge in [0.25, 0.3) is 0 Å². The minimum Gasteiger partial charge on any atom is -0.455 e. The van der Waals surface area contributed by atoms with Crippen LogP contribution in [0.1, 0.15) is 31.9 Å². The zero-order chi connectivity index (χ0) is 32.0. The first-order valence-electron chi connectivity index (χ1n) is 15.7. The normalized spacial score (nSPS) is 12.1. The number of aromatic nitrogens is 2. The summed E-state index contributed by atoms with van der Waals surface area (Å²) in [4.78, 5) is 3.84. The van der Waals surface area contributed by atoms with Crippen molar-refractivity contribution in [3.05, 3.63) is 138 Å². The van der Waals surface area contributed by atoms with E-state index in [1.165, 1.54) is 5.56 Å². The van der Waals surface area contributed by atoms with E-state index in [1.54, 1.807) is 6.07 Å². The fraction of sp³-hybridized carbons (Fsp3) is 0.0952. The SMILES string of the molecule is [C-]#[N+]c1cc(C#N)c(-n2c3ccccc3c3ccccc32)c(-n2c3ccc(C(C)(C)C)cc3c3c4oc5ccccc5c4ccc32)c1. The smallest absolute Gasteiger partial charge is 0.190 e. The van der Waals surface area contributed by atoms with Crippen LogP contribution in [0.3, 0.4) is 0 Å². The highest BCUT2D eigenvalue weighted by Crippen LogP contribution is 2.45. The molecule has 5 heteroatoms. The maximum Gasteiger partial charge on any atom is 0.190 e. The molecule has 0 aliphatic heterocycles. The largest absolute Gasteiger partial charge is 0.455 e. The van der Waals surface area contributed by atoms with Crippen molar-refractivity contribution in [1.82, 2.24) is 9.13 Å². The second kappa shape index (κ2) is 9.60. The summed E-state index contributed by atoms with van der Waals surface area (Å²) < 4.78 is 11.0. The van der Waals surface area contributed by atoms with Crippen molar-refractivity contribution in [2.24, 2.45) is 0 Å². The van der Waals surface area contributed by atoms with Gasteiger partial charge in [-0.3, -0.25) is 0 Å². The first-order chi connectivity index (χ1) is 22.9. The van der Waals surface area contributed by atoms with Crippen molar-refractivity contribution >= 4 is 71.2 Å². The molecule has 0 aliphatic carbocycles. The molecule has 5 nitrogen and oxygen atoms in total. The summed E-state index contributed by atoms with van der Waals surface area (Å²) in [5, 5.41) is 17.1. The minimum absolute atomic E-state index is 0.0729. The van der Waals surface area contributed by atoms with Gasteiger partial charge in [0.1, 0.15) is 17.2 Å². The summed E-state index contributed by atoms with van der Waals surface area (Å²) in [6.45, 7) is 14.7. The van der Waals surface area contributed by atoms with Crippen LogP contribution in [0.4, 0.5) is 5.69 Å². The molecule has 0 fully saturated rings. The average molecular weight is 605 g/mol. The van der Waals surface area contributed by atoms with E-state index >= 15 is 0 Å². The molecule has 0 N–H and O–H groups in total. The molecule has 47 heavy (non-hydrogen) atoms. The first kappa shape index (κ1) is 27.0. The maximum absolute atomic E-state index is 10.7. The number of hydrogen-bond acceptors (Lipinski definition) is 2. The fourth-order valence-corrected chi connectivity index (χ4v) is 7.34. The van der Waals surface area contributed by atoms with Gasteiger partial charge in [0.15, 0.2) is 5.69 Å². The second-order valence-electron chi connectivity index (χ2n) is 13.2. The van der Waals surface area contributed by atoms with Crippen LogP contribution < -0.4 is 0 Å². The monoisotopic (exact) mass is 604 g/mol. The van der Waals surface area contributed by atoms with E-state index in [-0.39, 0.29) is 5.41 Å². The third-order valence-corrected chi connectivity index (χ3v) is 9.51. The second-order valence-corrected chi connectivity index (χ2v) is 13.2. The van der Waals surface area contributed by atoms with Crippen LogP contribution in [-0.4, -0.2) is 9.13 Å². The van der Waals surface area contributed by atoms with Crippen molar-refractivity contribution in [2.75, 3.05) is 0 Å². The van der Waals surface area contributed by atoms with E-state index in [9.17, 15) is 5.26 Å². The molecule has 0 radical (unpaired) electrons. The van der Waals surface area contributed by atoms with Gasteiger partial charge in [-0.1, -0.05) is 81.4 Å². The number of hydrogen-bond donors (Lipinski definition) is 0. The van der Waals surface area contributed by atoms with Crippen LogP contribution >= 0.6 is 0 Å². The number of nitrogens with zero attached hydrogens (tertiary/aromatic N) is 4. The topological polar surface area (TPSA) is 51.1 Å². The molecule has 3 aromatic heterocycles. The highest BCUT2D eigenvalue weighted by atomic mass is 16.3. The lowest BCUT2D eigenvalue weighted by atomic mass is 9.86. The van der Waals surface area contributed by atoms with Crippen molar-refractivity contribution < 1.29 is 4.42 Å². The van der Waals surface area contributed by atoms with E-state index in [1.807, 2.05) is 48.5 Å². The fourth-order valence-electron chi connectivity index (χ4n) is 7.34.